The first kappa shape index (κ1) is 27.4. The lowest BCUT2D eigenvalue weighted by Gasteiger charge is -2.04. The molecule has 0 saturated heterocycles. The topological polar surface area (TPSA) is 0 Å². The van der Waals surface area contributed by atoms with Gasteiger partial charge < -0.3 is 0 Å². The van der Waals surface area contributed by atoms with Crippen LogP contribution in [0.3, 0.4) is 0 Å². The Morgan fingerprint density at radius 1 is 0.632 bits per heavy atom. The fourth-order valence-corrected chi connectivity index (χ4v) is 1.61. The molecule has 0 nitrogen and oxygen atoms in total. The van der Waals surface area contributed by atoms with Gasteiger partial charge in [0.25, 0.3) is 0 Å². The number of hydrogen-bond acceptors (Lipinski definition) is 0. The van der Waals surface area contributed by atoms with Crippen molar-refractivity contribution >= 4 is 0 Å². The maximum absolute atomic E-state index is 2.33. The van der Waals surface area contributed by atoms with E-state index in [4.69, 9.17) is 0 Å². The van der Waals surface area contributed by atoms with Crippen LogP contribution in [-0.2, 0) is 0 Å². The zero-order chi connectivity index (χ0) is 14.6. The molecule has 0 spiro atoms. The molecular formula is C19H46. The van der Waals surface area contributed by atoms with E-state index in [2.05, 4.69) is 34.6 Å². The summed E-state index contributed by atoms with van der Waals surface area (Å²) in [6.45, 7) is 15.4. The lowest BCUT2D eigenvalue weighted by Crippen LogP contribution is -1.89. The van der Waals surface area contributed by atoms with Crippen LogP contribution < -0.4 is 0 Å². The molecule has 0 radical (unpaired) electrons. The third kappa shape index (κ3) is 38.1. The maximum atomic E-state index is 2.33. The molecule has 0 saturated carbocycles. The Bertz CT molecular complexity index is 90.2. The summed E-state index contributed by atoms with van der Waals surface area (Å²) in [5.74, 6) is 0.954. The van der Waals surface area contributed by atoms with Gasteiger partial charge in [-0.1, -0.05) is 120 Å². The van der Waals surface area contributed by atoms with Gasteiger partial charge in [0.15, 0.2) is 0 Å². The quantitative estimate of drug-likeness (QED) is 0.371. The van der Waals surface area contributed by atoms with E-state index in [-0.39, 0.29) is 7.43 Å². The summed E-state index contributed by atoms with van der Waals surface area (Å²) in [5.41, 5.74) is 0. The third-order valence-electron chi connectivity index (χ3n) is 3.20. The molecule has 19 heavy (non-hydrogen) atoms. The first-order valence-electron chi connectivity index (χ1n) is 8.72. The predicted octanol–water partition coefficient (Wildman–Crippen LogP) is 8.25. The second kappa shape index (κ2) is 30.8. The molecule has 122 valence electrons. The van der Waals surface area contributed by atoms with Crippen LogP contribution in [-0.4, -0.2) is 0 Å². The molecule has 0 heteroatoms. The molecule has 0 amide bonds. The van der Waals surface area contributed by atoms with Crippen molar-refractivity contribution in [3.8, 4) is 0 Å². The summed E-state index contributed by atoms with van der Waals surface area (Å²) in [7, 11) is 0. The predicted molar refractivity (Wildman–Crippen MR) is 96.1 cm³/mol. The Balaban J connectivity index is -0.0000000999. The van der Waals surface area contributed by atoms with Crippen molar-refractivity contribution in [3.63, 3.8) is 0 Å². The Labute approximate surface area is 126 Å². The van der Waals surface area contributed by atoms with E-state index >= 15 is 0 Å². The second-order valence-electron chi connectivity index (χ2n) is 5.07. The fraction of sp³-hybridized carbons (Fsp3) is 1.00. The zero-order valence-electron chi connectivity index (χ0n) is 14.6. The van der Waals surface area contributed by atoms with Gasteiger partial charge >= 0.3 is 0 Å². The van der Waals surface area contributed by atoms with Crippen molar-refractivity contribution in [2.24, 2.45) is 5.92 Å². The van der Waals surface area contributed by atoms with Crippen LogP contribution in [0.25, 0.3) is 0 Å². The van der Waals surface area contributed by atoms with Crippen LogP contribution in [0.5, 0.6) is 0 Å². The minimum atomic E-state index is 0. The molecule has 0 aliphatic heterocycles. The standard InChI is InChI=1S/2C8H18.C2H6.CH4/c1-4-6-7-8(3)5-2;1-3-5-7-8-6-4-2;1-2;/h8H,4-7H2,1-3H3;3-8H2,1-2H3;1-2H3;1H4. The van der Waals surface area contributed by atoms with E-state index < -0.39 is 0 Å². The lowest BCUT2D eigenvalue weighted by molar-refractivity contribution is 0.492. The molecule has 0 fully saturated rings. The van der Waals surface area contributed by atoms with Crippen LogP contribution in [0, 0.1) is 5.92 Å². The summed E-state index contributed by atoms with van der Waals surface area (Å²) in [6.07, 6.45) is 14.0. The summed E-state index contributed by atoms with van der Waals surface area (Å²) in [4.78, 5) is 0. The van der Waals surface area contributed by atoms with Gasteiger partial charge in [-0.05, 0) is 5.92 Å². The number of rotatable bonds is 9. The Morgan fingerprint density at radius 2 is 1.00 bits per heavy atom. The first-order valence-corrected chi connectivity index (χ1v) is 8.72. The molecule has 0 rings (SSSR count). The monoisotopic (exact) mass is 274 g/mol. The van der Waals surface area contributed by atoms with Gasteiger partial charge in [0.1, 0.15) is 0 Å². The van der Waals surface area contributed by atoms with E-state index in [0.29, 0.717) is 0 Å². The van der Waals surface area contributed by atoms with Crippen molar-refractivity contribution in [1.82, 2.24) is 0 Å². The normalized spacial score (nSPS) is 10.3. The minimum Gasteiger partial charge on any atom is -0.0776 e. The molecule has 1 unspecified atom stereocenters. The highest BCUT2D eigenvalue weighted by atomic mass is 14.0. The lowest BCUT2D eigenvalue weighted by atomic mass is 10.0. The van der Waals surface area contributed by atoms with Crippen LogP contribution in [0.15, 0.2) is 0 Å². The Hall–Kier alpha value is 0. The highest BCUT2D eigenvalue weighted by molar-refractivity contribution is 4.47. The van der Waals surface area contributed by atoms with Gasteiger partial charge in [-0.2, -0.15) is 0 Å². The fourth-order valence-electron chi connectivity index (χ4n) is 1.61. The molecule has 0 heterocycles. The molecule has 0 bridgehead atoms. The average Bonchev–Trinajstić information content (AvgIpc) is 2.44. The molecule has 0 aromatic rings. The van der Waals surface area contributed by atoms with E-state index in [0.717, 1.165) is 5.92 Å². The van der Waals surface area contributed by atoms with Gasteiger partial charge in [-0.25, -0.2) is 0 Å². The average molecular weight is 275 g/mol. The van der Waals surface area contributed by atoms with Crippen LogP contribution in [0.4, 0.5) is 0 Å². The largest absolute Gasteiger partial charge is 0.0776 e. The van der Waals surface area contributed by atoms with Gasteiger partial charge in [0.05, 0.1) is 0 Å². The van der Waals surface area contributed by atoms with E-state index in [1.807, 2.05) is 13.8 Å². The van der Waals surface area contributed by atoms with Crippen LogP contribution in [0.2, 0.25) is 0 Å². The van der Waals surface area contributed by atoms with E-state index in [1.54, 1.807) is 0 Å². The summed E-state index contributed by atoms with van der Waals surface area (Å²) in [5, 5.41) is 0. The first-order chi connectivity index (χ1) is 8.72. The molecule has 0 aromatic heterocycles. The van der Waals surface area contributed by atoms with E-state index in [9.17, 15) is 0 Å². The van der Waals surface area contributed by atoms with E-state index in [1.165, 1.54) is 64.2 Å². The van der Waals surface area contributed by atoms with Crippen molar-refractivity contribution in [2.45, 2.75) is 120 Å². The third-order valence-corrected chi connectivity index (χ3v) is 3.20. The van der Waals surface area contributed by atoms with Crippen molar-refractivity contribution in [2.75, 3.05) is 0 Å². The van der Waals surface area contributed by atoms with Crippen molar-refractivity contribution in [1.29, 1.82) is 0 Å². The van der Waals surface area contributed by atoms with Gasteiger partial charge in [-0.3, -0.25) is 0 Å². The Morgan fingerprint density at radius 3 is 1.26 bits per heavy atom. The van der Waals surface area contributed by atoms with Gasteiger partial charge in [0.2, 0.25) is 0 Å². The zero-order valence-corrected chi connectivity index (χ0v) is 14.6. The smallest absolute Gasteiger partial charge is 0.0445 e. The summed E-state index contributed by atoms with van der Waals surface area (Å²) in [6, 6.07) is 0. The maximum Gasteiger partial charge on any atom is -0.0445 e. The van der Waals surface area contributed by atoms with Gasteiger partial charge in [0, 0.05) is 0 Å². The highest BCUT2D eigenvalue weighted by Crippen LogP contribution is 2.09. The second-order valence-corrected chi connectivity index (χ2v) is 5.07. The van der Waals surface area contributed by atoms with Crippen molar-refractivity contribution in [3.05, 3.63) is 0 Å². The van der Waals surface area contributed by atoms with Crippen LogP contribution >= 0.6 is 0 Å². The molecule has 0 aliphatic rings. The number of hydrogen-bond donors (Lipinski definition) is 0. The van der Waals surface area contributed by atoms with Crippen molar-refractivity contribution < 1.29 is 0 Å². The summed E-state index contributed by atoms with van der Waals surface area (Å²) < 4.78 is 0. The SMILES string of the molecule is C.CC.CCCCC(C)CC.CCCCCCCC. The molecular weight excluding hydrogens is 228 g/mol. The Kier molecular flexibility index (Phi) is 44.3. The summed E-state index contributed by atoms with van der Waals surface area (Å²) >= 11 is 0. The molecule has 0 aliphatic carbocycles. The number of unbranched alkanes of at least 4 members (excludes halogenated alkanes) is 6. The molecule has 0 N–H and O–H groups in total. The minimum absolute atomic E-state index is 0. The molecule has 0 aromatic carbocycles. The molecule has 1 atom stereocenters. The van der Waals surface area contributed by atoms with Gasteiger partial charge in [-0.15, -0.1) is 0 Å². The van der Waals surface area contributed by atoms with Crippen LogP contribution in [0.1, 0.15) is 120 Å². The highest BCUT2D eigenvalue weighted by Gasteiger charge is 1.94.